The number of nitrogens with zero attached hydrogens (tertiary/aromatic N) is 3. The number of hydrogen-bond acceptors (Lipinski definition) is 8. The van der Waals surface area contributed by atoms with Gasteiger partial charge in [0.2, 0.25) is 11.8 Å². The first-order chi connectivity index (χ1) is 16.0. The van der Waals surface area contributed by atoms with Crippen LogP contribution < -0.4 is 10.2 Å². The van der Waals surface area contributed by atoms with Crippen molar-refractivity contribution in [2.24, 2.45) is 0 Å². The van der Waals surface area contributed by atoms with Crippen LogP contribution in [0.1, 0.15) is 34.9 Å². The number of amides is 2. The van der Waals surface area contributed by atoms with Crippen molar-refractivity contribution in [3.8, 4) is 0 Å². The summed E-state index contributed by atoms with van der Waals surface area (Å²) in [4.78, 5) is 43.4. The minimum absolute atomic E-state index is 0.0677. The number of carbonyl (C=O) groups is 3. The molecule has 0 aliphatic carbocycles. The van der Waals surface area contributed by atoms with Crippen LogP contribution in [0.2, 0.25) is 0 Å². The van der Waals surface area contributed by atoms with Gasteiger partial charge in [-0.1, -0.05) is 23.4 Å². The predicted octanol–water partition coefficient (Wildman–Crippen LogP) is 3.59. The van der Waals surface area contributed by atoms with Crippen molar-refractivity contribution >= 4 is 40.9 Å². The Morgan fingerprint density at radius 2 is 2.06 bits per heavy atom. The summed E-state index contributed by atoms with van der Waals surface area (Å²) in [5.41, 5.74) is 1.61. The Kier molecular flexibility index (Phi) is 7.04. The number of thioether (sulfide) groups is 1. The van der Waals surface area contributed by atoms with E-state index in [9.17, 15) is 14.4 Å². The molecule has 0 bridgehead atoms. The molecule has 170 valence electrons. The minimum atomic E-state index is -0.605. The minimum Gasteiger partial charge on any atom is -0.452 e. The van der Waals surface area contributed by atoms with Gasteiger partial charge < -0.3 is 19.5 Å². The summed E-state index contributed by atoms with van der Waals surface area (Å²) >= 11 is 1.36. The Balaban J connectivity index is 1.33. The van der Waals surface area contributed by atoms with E-state index in [4.69, 9.17) is 9.26 Å². The molecule has 1 fully saturated rings. The first-order valence-electron chi connectivity index (χ1n) is 10.4. The largest absolute Gasteiger partial charge is 0.452 e. The molecule has 0 atom stereocenters. The summed E-state index contributed by atoms with van der Waals surface area (Å²) in [6.45, 7) is 1.96. The number of esters is 1. The third-order valence-corrected chi connectivity index (χ3v) is 5.94. The molecule has 4 rings (SSSR count). The number of aryl methyl sites for hydroxylation is 1. The van der Waals surface area contributed by atoms with Crippen LogP contribution in [0.3, 0.4) is 0 Å². The summed E-state index contributed by atoms with van der Waals surface area (Å²) < 4.78 is 10.3. The molecule has 2 aromatic carbocycles. The average molecular weight is 467 g/mol. The van der Waals surface area contributed by atoms with E-state index in [0.29, 0.717) is 46.6 Å². The third kappa shape index (κ3) is 5.78. The van der Waals surface area contributed by atoms with Gasteiger partial charge in [-0.3, -0.25) is 9.59 Å². The van der Waals surface area contributed by atoms with E-state index in [0.717, 1.165) is 12.1 Å². The first-order valence-corrected chi connectivity index (χ1v) is 11.4. The zero-order valence-corrected chi connectivity index (χ0v) is 18.8. The van der Waals surface area contributed by atoms with Gasteiger partial charge in [0.15, 0.2) is 12.4 Å². The Morgan fingerprint density at radius 1 is 1.21 bits per heavy atom. The van der Waals surface area contributed by atoms with Crippen molar-refractivity contribution in [3.05, 3.63) is 65.8 Å². The van der Waals surface area contributed by atoms with Gasteiger partial charge in [-0.15, -0.1) is 11.8 Å². The van der Waals surface area contributed by atoms with Gasteiger partial charge in [-0.05, 0) is 43.7 Å². The highest BCUT2D eigenvalue weighted by Crippen LogP contribution is 2.27. The number of anilines is 2. The Morgan fingerprint density at radius 3 is 2.82 bits per heavy atom. The van der Waals surface area contributed by atoms with Crippen molar-refractivity contribution in [2.75, 3.05) is 23.4 Å². The second kappa shape index (κ2) is 10.3. The lowest BCUT2D eigenvalue weighted by atomic mass is 10.2. The molecule has 1 aliphatic rings. The molecule has 0 unspecified atom stereocenters. The molecule has 1 N–H and O–H groups in total. The highest BCUT2D eigenvalue weighted by atomic mass is 32.2. The van der Waals surface area contributed by atoms with Gasteiger partial charge >= 0.3 is 5.97 Å². The maximum atomic E-state index is 12.6. The Hall–Kier alpha value is -3.66. The van der Waals surface area contributed by atoms with Gasteiger partial charge in [-0.2, -0.15) is 4.98 Å². The number of ether oxygens (including phenoxy) is 1. The topological polar surface area (TPSA) is 115 Å². The lowest BCUT2D eigenvalue weighted by Gasteiger charge is -2.16. The lowest BCUT2D eigenvalue weighted by molar-refractivity contribution is -0.119. The lowest BCUT2D eigenvalue weighted by Crippen LogP contribution is -2.24. The van der Waals surface area contributed by atoms with Crippen LogP contribution in [-0.4, -0.2) is 41.1 Å². The predicted molar refractivity (Wildman–Crippen MR) is 122 cm³/mol. The van der Waals surface area contributed by atoms with Crippen LogP contribution in [0.4, 0.5) is 11.4 Å². The molecular weight excluding hydrogens is 444 g/mol. The van der Waals surface area contributed by atoms with Crippen LogP contribution >= 0.6 is 11.8 Å². The van der Waals surface area contributed by atoms with Crippen LogP contribution in [0, 0.1) is 6.92 Å². The Bertz CT molecular complexity index is 1180. The third-order valence-electron chi connectivity index (χ3n) is 4.88. The smallest absolute Gasteiger partial charge is 0.339 e. The molecule has 2 amide bonds. The van der Waals surface area contributed by atoms with Crippen LogP contribution in [-0.2, 0) is 20.1 Å². The molecule has 10 heteroatoms. The normalized spacial score (nSPS) is 13.2. The molecule has 1 aromatic heterocycles. The van der Waals surface area contributed by atoms with E-state index < -0.39 is 18.5 Å². The molecule has 0 saturated carbocycles. The maximum absolute atomic E-state index is 12.6. The number of carbonyl (C=O) groups excluding carboxylic acids is 3. The zero-order valence-electron chi connectivity index (χ0n) is 17.9. The molecule has 1 aliphatic heterocycles. The van der Waals surface area contributed by atoms with E-state index in [1.54, 1.807) is 48.2 Å². The van der Waals surface area contributed by atoms with E-state index >= 15 is 0 Å². The molecule has 2 heterocycles. The summed E-state index contributed by atoms with van der Waals surface area (Å²) in [7, 11) is 0. The monoisotopic (exact) mass is 466 g/mol. The Labute approximate surface area is 194 Å². The summed E-state index contributed by atoms with van der Waals surface area (Å²) in [5, 5.41) is 6.45. The van der Waals surface area contributed by atoms with Crippen LogP contribution in [0.25, 0.3) is 0 Å². The number of benzene rings is 2. The summed E-state index contributed by atoms with van der Waals surface area (Å²) in [6.07, 6.45) is 1.35. The fraction of sp³-hybridized carbons (Fsp3) is 0.261. The van der Waals surface area contributed by atoms with Gasteiger partial charge in [0.05, 0.1) is 11.3 Å². The van der Waals surface area contributed by atoms with Crippen molar-refractivity contribution in [1.82, 2.24) is 10.1 Å². The molecule has 3 aromatic rings. The first kappa shape index (κ1) is 22.5. The van der Waals surface area contributed by atoms with Crippen molar-refractivity contribution in [1.29, 1.82) is 0 Å². The second-order valence-corrected chi connectivity index (χ2v) is 8.36. The number of rotatable bonds is 8. The zero-order chi connectivity index (χ0) is 23.2. The molecular formula is C23H22N4O5S. The summed E-state index contributed by atoms with van der Waals surface area (Å²) in [6, 6.07) is 14.0. The highest BCUT2D eigenvalue weighted by Gasteiger charge is 2.22. The maximum Gasteiger partial charge on any atom is 0.339 e. The van der Waals surface area contributed by atoms with Crippen molar-refractivity contribution in [2.45, 2.75) is 30.4 Å². The highest BCUT2D eigenvalue weighted by molar-refractivity contribution is 7.98. The fourth-order valence-electron chi connectivity index (χ4n) is 3.38. The molecule has 33 heavy (non-hydrogen) atoms. The fourth-order valence-corrected chi connectivity index (χ4v) is 4.26. The molecule has 0 radical (unpaired) electrons. The molecule has 1 saturated heterocycles. The second-order valence-electron chi connectivity index (χ2n) is 7.34. The standard InChI is InChI=1S/C23H22N4O5S/c1-15-24-21(32-26-15)14-33-19-9-3-2-8-18(19)23(30)31-13-20(28)25-16-6-4-7-17(12-16)27-11-5-10-22(27)29/h2-4,6-9,12H,5,10-11,13-14H2,1H3,(H,25,28). The van der Waals surface area contributed by atoms with Gasteiger partial charge in [0, 0.05) is 29.2 Å². The van der Waals surface area contributed by atoms with Gasteiger partial charge in [0.25, 0.3) is 5.91 Å². The average Bonchev–Trinajstić information content (AvgIpc) is 3.44. The van der Waals surface area contributed by atoms with E-state index in [1.165, 1.54) is 11.8 Å². The SMILES string of the molecule is Cc1noc(CSc2ccccc2C(=O)OCC(=O)Nc2cccc(N3CCCC3=O)c2)n1. The quantitative estimate of drug-likeness (QED) is 0.396. The number of nitrogens with one attached hydrogen (secondary N) is 1. The molecule has 0 spiro atoms. The van der Waals surface area contributed by atoms with E-state index in [1.807, 2.05) is 12.1 Å². The van der Waals surface area contributed by atoms with Gasteiger partial charge in [-0.25, -0.2) is 4.79 Å². The van der Waals surface area contributed by atoms with Crippen LogP contribution in [0.5, 0.6) is 0 Å². The van der Waals surface area contributed by atoms with Gasteiger partial charge in [0.1, 0.15) is 0 Å². The van der Waals surface area contributed by atoms with Crippen molar-refractivity contribution < 1.29 is 23.6 Å². The van der Waals surface area contributed by atoms with Crippen molar-refractivity contribution in [3.63, 3.8) is 0 Å². The van der Waals surface area contributed by atoms with E-state index in [-0.39, 0.29) is 5.91 Å². The van der Waals surface area contributed by atoms with E-state index in [2.05, 4.69) is 15.5 Å². The van der Waals surface area contributed by atoms with Crippen LogP contribution in [0.15, 0.2) is 57.9 Å². The molecule has 9 nitrogen and oxygen atoms in total. The number of hydrogen-bond donors (Lipinski definition) is 1. The summed E-state index contributed by atoms with van der Waals surface area (Å²) in [5.74, 6) is 0.394. The number of aromatic nitrogens is 2.